The zero-order valence-corrected chi connectivity index (χ0v) is 10.3. The molecule has 92 valence electrons. The summed E-state index contributed by atoms with van der Waals surface area (Å²) in [6.07, 6.45) is 5.27. The van der Waals surface area contributed by atoms with Crippen LogP contribution in [-0.4, -0.2) is 33.5 Å². The molecule has 1 aromatic rings. The van der Waals surface area contributed by atoms with Crippen molar-refractivity contribution in [2.24, 2.45) is 0 Å². The number of fused-ring (bicyclic) bond motifs is 1. The van der Waals surface area contributed by atoms with Crippen molar-refractivity contribution in [3.8, 4) is 5.75 Å². The average Bonchev–Trinajstić information content (AvgIpc) is 2.38. The highest BCUT2D eigenvalue weighted by Gasteiger charge is 2.14. The molecule has 0 saturated heterocycles. The Morgan fingerprint density at radius 2 is 2.12 bits per heavy atom. The van der Waals surface area contributed by atoms with E-state index in [0.29, 0.717) is 13.2 Å². The maximum absolute atomic E-state index is 5.69. The molecule has 1 aliphatic carbocycles. The van der Waals surface area contributed by atoms with E-state index in [4.69, 9.17) is 14.2 Å². The third-order valence-corrected chi connectivity index (χ3v) is 2.88. The topological polar surface area (TPSA) is 27.7 Å². The van der Waals surface area contributed by atoms with Crippen molar-refractivity contribution in [3.05, 3.63) is 35.4 Å². The largest absolute Gasteiger partial charge is 0.497 e. The predicted octanol–water partition coefficient (Wildman–Crippen LogP) is 2.30. The fraction of sp³-hybridized carbons (Fsp3) is 0.429. The van der Waals surface area contributed by atoms with Gasteiger partial charge in [0.2, 0.25) is 0 Å². The van der Waals surface area contributed by atoms with Crippen LogP contribution in [0.2, 0.25) is 0 Å². The highest BCUT2D eigenvalue weighted by molar-refractivity contribution is 5.59. The van der Waals surface area contributed by atoms with Gasteiger partial charge in [-0.3, -0.25) is 0 Å². The fourth-order valence-corrected chi connectivity index (χ4v) is 1.93. The quantitative estimate of drug-likeness (QED) is 0.732. The van der Waals surface area contributed by atoms with Crippen LogP contribution in [0.3, 0.4) is 0 Å². The summed E-state index contributed by atoms with van der Waals surface area (Å²) < 4.78 is 15.9. The van der Waals surface area contributed by atoms with E-state index in [-0.39, 0.29) is 6.10 Å². The van der Waals surface area contributed by atoms with Gasteiger partial charge in [-0.15, -0.1) is 0 Å². The van der Waals surface area contributed by atoms with Crippen LogP contribution in [0.15, 0.2) is 24.3 Å². The minimum atomic E-state index is 0.158. The SMILES string of the molecule is COCCOC1C=Cc2cc(OC)ccc2C1. The predicted molar refractivity (Wildman–Crippen MR) is 67.3 cm³/mol. The summed E-state index contributed by atoms with van der Waals surface area (Å²) in [6, 6.07) is 6.14. The zero-order chi connectivity index (χ0) is 12.1. The van der Waals surface area contributed by atoms with Crippen molar-refractivity contribution in [1.29, 1.82) is 0 Å². The van der Waals surface area contributed by atoms with Gasteiger partial charge in [0.05, 0.1) is 26.4 Å². The second-order valence-electron chi connectivity index (χ2n) is 4.03. The lowest BCUT2D eigenvalue weighted by Gasteiger charge is -2.20. The summed E-state index contributed by atoms with van der Waals surface area (Å²) in [7, 11) is 3.37. The molecule has 1 aromatic carbocycles. The number of hydrogen-bond donors (Lipinski definition) is 0. The molecule has 0 heterocycles. The van der Waals surface area contributed by atoms with Gasteiger partial charge in [0.1, 0.15) is 5.75 Å². The van der Waals surface area contributed by atoms with Crippen LogP contribution in [0, 0.1) is 0 Å². The van der Waals surface area contributed by atoms with E-state index < -0.39 is 0 Å². The first-order chi connectivity index (χ1) is 8.33. The number of rotatable bonds is 5. The molecule has 0 radical (unpaired) electrons. The molecule has 17 heavy (non-hydrogen) atoms. The maximum Gasteiger partial charge on any atom is 0.119 e. The fourth-order valence-electron chi connectivity index (χ4n) is 1.93. The van der Waals surface area contributed by atoms with Crippen molar-refractivity contribution in [2.45, 2.75) is 12.5 Å². The van der Waals surface area contributed by atoms with Crippen molar-refractivity contribution < 1.29 is 14.2 Å². The first-order valence-corrected chi connectivity index (χ1v) is 5.79. The van der Waals surface area contributed by atoms with Crippen LogP contribution >= 0.6 is 0 Å². The molecule has 0 spiro atoms. The van der Waals surface area contributed by atoms with E-state index in [1.165, 1.54) is 11.1 Å². The summed E-state index contributed by atoms with van der Waals surface area (Å²) in [5.74, 6) is 0.896. The standard InChI is InChI=1S/C14H18O3/c1-15-7-8-17-14-6-4-11-9-13(16-2)5-3-12(11)10-14/h3-6,9,14H,7-8,10H2,1-2H3. The van der Waals surface area contributed by atoms with Gasteiger partial charge in [-0.25, -0.2) is 0 Å². The first-order valence-electron chi connectivity index (χ1n) is 5.79. The zero-order valence-electron chi connectivity index (χ0n) is 10.3. The van der Waals surface area contributed by atoms with Crippen LogP contribution in [0.1, 0.15) is 11.1 Å². The molecule has 3 nitrogen and oxygen atoms in total. The molecule has 0 fully saturated rings. The van der Waals surface area contributed by atoms with Gasteiger partial charge in [-0.05, 0) is 23.3 Å². The lowest BCUT2D eigenvalue weighted by Crippen LogP contribution is -2.19. The van der Waals surface area contributed by atoms with E-state index >= 15 is 0 Å². The highest BCUT2D eigenvalue weighted by Crippen LogP contribution is 2.25. The van der Waals surface area contributed by atoms with Crippen LogP contribution in [0.25, 0.3) is 6.08 Å². The van der Waals surface area contributed by atoms with Gasteiger partial charge in [0.25, 0.3) is 0 Å². The molecular formula is C14H18O3. The third-order valence-electron chi connectivity index (χ3n) is 2.88. The summed E-state index contributed by atoms with van der Waals surface area (Å²) >= 11 is 0. The third kappa shape index (κ3) is 3.08. The minimum Gasteiger partial charge on any atom is -0.497 e. The van der Waals surface area contributed by atoms with E-state index in [1.54, 1.807) is 14.2 Å². The van der Waals surface area contributed by atoms with Crippen molar-refractivity contribution in [3.63, 3.8) is 0 Å². The molecule has 1 unspecified atom stereocenters. The van der Waals surface area contributed by atoms with Gasteiger partial charge in [-0.2, -0.15) is 0 Å². The molecule has 0 N–H and O–H groups in total. The number of methoxy groups -OCH3 is 2. The Morgan fingerprint density at radius 3 is 2.88 bits per heavy atom. The number of benzene rings is 1. The van der Waals surface area contributed by atoms with Crippen LogP contribution in [0.5, 0.6) is 5.75 Å². The Hall–Kier alpha value is -1.32. The summed E-state index contributed by atoms with van der Waals surface area (Å²) in [4.78, 5) is 0. The Bertz CT molecular complexity index is 398. The normalized spacial score (nSPS) is 17.9. The number of ether oxygens (including phenoxy) is 3. The lowest BCUT2D eigenvalue weighted by molar-refractivity contribution is 0.0396. The second-order valence-corrected chi connectivity index (χ2v) is 4.03. The van der Waals surface area contributed by atoms with E-state index in [1.807, 2.05) is 6.07 Å². The Balaban J connectivity index is 2.00. The summed E-state index contributed by atoms with van der Waals surface area (Å²) in [5, 5.41) is 0. The summed E-state index contributed by atoms with van der Waals surface area (Å²) in [5.41, 5.74) is 2.52. The lowest BCUT2D eigenvalue weighted by atomic mass is 9.95. The van der Waals surface area contributed by atoms with E-state index in [0.717, 1.165) is 12.2 Å². The number of hydrogen-bond acceptors (Lipinski definition) is 3. The molecule has 0 bridgehead atoms. The molecule has 0 amide bonds. The van der Waals surface area contributed by atoms with Gasteiger partial charge < -0.3 is 14.2 Å². The molecule has 2 rings (SSSR count). The van der Waals surface area contributed by atoms with Crippen molar-refractivity contribution in [2.75, 3.05) is 27.4 Å². The maximum atomic E-state index is 5.69. The van der Waals surface area contributed by atoms with E-state index in [2.05, 4.69) is 24.3 Å². The van der Waals surface area contributed by atoms with Crippen LogP contribution < -0.4 is 4.74 Å². The van der Waals surface area contributed by atoms with Gasteiger partial charge in [0.15, 0.2) is 0 Å². The molecule has 0 aliphatic heterocycles. The Labute approximate surface area is 102 Å². The molecule has 1 aliphatic rings. The molecule has 0 saturated carbocycles. The minimum absolute atomic E-state index is 0.158. The van der Waals surface area contributed by atoms with Gasteiger partial charge in [-0.1, -0.05) is 18.2 Å². The van der Waals surface area contributed by atoms with Gasteiger partial charge in [0, 0.05) is 13.5 Å². The monoisotopic (exact) mass is 234 g/mol. The Morgan fingerprint density at radius 1 is 1.24 bits per heavy atom. The van der Waals surface area contributed by atoms with Crippen LogP contribution in [-0.2, 0) is 15.9 Å². The molecule has 0 aromatic heterocycles. The first kappa shape index (κ1) is 12.1. The van der Waals surface area contributed by atoms with Crippen molar-refractivity contribution >= 4 is 6.08 Å². The molecule has 3 heteroatoms. The van der Waals surface area contributed by atoms with E-state index in [9.17, 15) is 0 Å². The second kappa shape index (κ2) is 5.84. The molecule has 1 atom stereocenters. The van der Waals surface area contributed by atoms with Crippen molar-refractivity contribution in [1.82, 2.24) is 0 Å². The smallest absolute Gasteiger partial charge is 0.119 e. The Kier molecular flexibility index (Phi) is 4.18. The van der Waals surface area contributed by atoms with Crippen LogP contribution in [0.4, 0.5) is 0 Å². The average molecular weight is 234 g/mol. The highest BCUT2D eigenvalue weighted by atomic mass is 16.5. The molecular weight excluding hydrogens is 216 g/mol. The van der Waals surface area contributed by atoms with Gasteiger partial charge >= 0.3 is 0 Å². The summed E-state index contributed by atoms with van der Waals surface area (Å²) in [6.45, 7) is 1.27.